The van der Waals surface area contributed by atoms with E-state index in [1.807, 2.05) is 0 Å². The normalized spacial score (nSPS) is 16.1. The van der Waals surface area contributed by atoms with Crippen LogP contribution in [0.5, 0.6) is 0 Å². The van der Waals surface area contributed by atoms with Gasteiger partial charge in [0.2, 0.25) is 0 Å². The molecular formula is C12H7F3N4O. The summed E-state index contributed by atoms with van der Waals surface area (Å²) in [6.45, 7) is 0. The zero-order valence-electron chi connectivity index (χ0n) is 9.87. The van der Waals surface area contributed by atoms with Crippen molar-refractivity contribution in [3.05, 3.63) is 54.1 Å². The Morgan fingerprint density at radius 1 is 1.15 bits per heavy atom. The quantitative estimate of drug-likeness (QED) is 0.849. The monoisotopic (exact) mass is 280 g/mol. The highest BCUT2D eigenvalue weighted by Gasteiger charge is 2.65. The van der Waals surface area contributed by atoms with Crippen LogP contribution in [0.3, 0.4) is 0 Å². The van der Waals surface area contributed by atoms with Gasteiger partial charge in [-0.25, -0.2) is 4.98 Å². The first kappa shape index (κ1) is 12.5. The van der Waals surface area contributed by atoms with Crippen LogP contribution >= 0.6 is 0 Å². The van der Waals surface area contributed by atoms with Gasteiger partial charge in [0.1, 0.15) is 6.33 Å². The van der Waals surface area contributed by atoms with E-state index in [1.54, 1.807) is 0 Å². The molecule has 0 spiro atoms. The number of carbonyl (C=O) groups is 1. The summed E-state index contributed by atoms with van der Waals surface area (Å²) in [5.74, 6) is -0.375. The van der Waals surface area contributed by atoms with Crippen LogP contribution in [0.25, 0.3) is 0 Å². The van der Waals surface area contributed by atoms with Crippen LogP contribution in [0.1, 0.15) is 15.9 Å². The molecule has 1 aliphatic heterocycles. The lowest BCUT2D eigenvalue weighted by Crippen LogP contribution is -2.30. The molecule has 8 heteroatoms. The summed E-state index contributed by atoms with van der Waals surface area (Å²) in [5.41, 5.74) is -2.30. The number of benzene rings is 1. The summed E-state index contributed by atoms with van der Waals surface area (Å²) < 4.78 is 39.6. The number of imidazole rings is 1. The Morgan fingerprint density at radius 2 is 1.80 bits per heavy atom. The fourth-order valence-electron chi connectivity index (χ4n) is 1.82. The SMILES string of the molecule is O=C(c1ccc(C2(C(F)(F)F)N=N2)cc1)n1ccnc1. The van der Waals surface area contributed by atoms with Gasteiger partial charge in [0.25, 0.3) is 5.91 Å². The van der Waals surface area contributed by atoms with Crippen LogP contribution in [0, 0.1) is 0 Å². The molecule has 0 saturated heterocycles. The van der Waals surface area contributed by atoms with Gasteiger partial charge < -0.3 is 0 Å². The largest absolute Gasteiger partial charge is 0.442 e. The predicted molar refractivity (Wildman–Crippen MR) is 61.0 cm³/mol. The first-order chi connectivity index (χ1) is 9.44. The fourth-order valence-corrected chi connectivity index (χ4v) is 1.82. The van der Waals surface area contributed by atoms with Crippen molar-refractivity contribution in [1.29, 1.82) is 0 Å². The van der Waals surface area contributed by atoms with E-state index in [4.69, 9.17) is 0 Å². The molecule has 2 heterocycles. The standard InChI is InChI=1S/C12H7F3N4O/c13-12(14,15)11(17-18-11)9-3-1-8(2-4-9)10(20)19-6-5-16-7-19/h1-7H. The number of nitrogens with zero attached hydrogens (tertiary/aromatic N) is 4. The van der Waals surface area contributed by atoms with Crippen LogP contribution in [0.15, 0.2) is 53.2 Å². The van der Waals surface area contributed by atoms with Crippen molar-refractivity contribution < 1.29 is 18.0 Å². The maximum atomic E-state index is 12.8. The number of carbonyl (C=O) groups excluding carboxylic acids is 1. The van der Waals surface area contributed by atoms with Crippen LogP contribution in [-0.2, 0) is 5.66 Å². The summed E-state index contributed by atoms with van der Waals surface area (Å²) >= 11 is 0. The van der Waals surface area contributed by atoms with E-state index >= 15 is 0 Å². The van der Waals surface area contributed by atoms with Crippen molar-refractivity contribution in [2.45, 2.75) is 11.8 Å². The Balaban J connectivity index is 1.88. The third kappa shape index (κ3) is 1.80. The van der Waals surface area contributed by atoms with E-state index in [0.29, 0.717) is 0 Å². The molecule has 0 bridgehead atoms. The van der Waals surface area contributed by atoms with Crippen molar-refractivity contribution >= 4 is 5.91 Å². The van der Waals surface area contributed by atoms with E-state index in [1.165, 1.54) is 47.6 Å². The van der Waals surface area contributed by atoms with Crippen molar-refractivity contribution in [3.8, 4) is 0 Å². The van der Waals surface area contributed by atoms with Crippen LogP contribution in [0.4, 0.5) is 13.2 Å². The molecule has 5 nitrogen and oxygen atoms in total. The van der Waals surface area contributed by atoms with Gasteiger partial charge in [-0.05, 0) is 12.1 Å². The molecular weight excluding hydrogens is 273 g/mol. The van der Waals surface area contributed by atoms with Crippen molar-refractivity contribution in [1.82, 2.24) is 9.55 Å². The van der Waals surface area contributed by atoms with Gasteiger partial charge in [0, 0.05) is 23.5 Å². The molecule has 0 amide bonds. The minimum Gasteiger partial charge on any atom is -0.272 e. The molecule has 0 saturated carbocycles. The van der Waals surface area contributed by atoms with Gasteiger partial charge in [-0.15, -0.1) is 10.2 Å². The maximum Gasteiger partial charge on any atom is 0.442 e. The predicted octanol–water partition coefficient (Wildman–Crippen LogP) is 2.75. The second-order valence-electron chi connectivity index (χ2n) is 4.22. The molecule has 0 fully saturated rings. The molecule has 0 N–H and O–H groups in total. The van der Waals surface area contributed by atoms with Gasteiger partial charge in [0.05, 0.1) is 0 Å². The van der Waals surface area contributed by atoms with Gasteiger partial charge in [-0.1, -0.05) is 12.1 Å². The van der Waals surface area contributed by atoms with Crippen LogP contribution < -0.4 is 0 Å². The topological polar surface area (TPSA) is 59.6 Å². The zero-order valence-corrected chi connectivity index (χ0v) is 9.87. The number of hydrogen-bond acceptors (Lipinski definition) is 4. The van der Waals surface area contributed by atoms with E-state index in [9.17, 15) is 18.0 Å². The minimum absolute atomic E-state index is 0.104. The highest BCUT2D eigenvalue weighted by molar-refractivity contribution is 5.95. The molecule has 0 radical (unpaired) electrons. The smallest absolute Gasteiger partial charge is 0.272 e. The highest BCUT2D eigenvalue weighted by atomic mass is 19.4. The number of hydrogen-bond donors (Lipinski definition) is 0. The van der Waals surface area contributed by atoms with Crippen molar-refractivity contribution in [2.75, 3.05) is 0 Å². The van der Waals surface area contributed by atoms with E-state index < -0.39 is 11.8 Å². The molecule has 0 atom stereocenters. The minimum atomic E-state index is -4.57. The third-order valence-electron chi connectivity index (χ3n) is 2.97. The number of halogens is 3. The second kappa shape index (κ2) is 3.99. The Hall–Kier alpha value is -2.51. The summed E-state index contributed by atoms with van der Waals surface area (Å²) in [6, 6.07) is 5.04. The van der Waals surface area contributed by atoms with Crippen molar-refractivity contribution in [2.24, 2.45) is 10.2 Å². The molecule has 3 rings (SSSR count). The maximum absolute atomic E-state index is 12.8. The molecule has 0 aliphatic carbocycles. The average Bonchev–Trinajstić information content (AvgIpc) is 3.07. The summed E-state index contributed by atoms with van der Waals surface area (Å²) in [5, 5.41) is 6.20. The number of aromatic nitrogens is 2. The summed E-state index contributed by atoms with van der Waals surface area (Å²) in [4.78, 5) is 15.7. The summed E-state index contributed by atoms with van der Waals surface area (Å²) in [7, 11) is 0. The third-order valence-corrected chi connectivity index (χ3v) is 2.97. The molecule has 20 heavy (non-hydrogen) atoms. The van der Waals surface area contributed by atoms with Gasteiger partial charge >= 0.3 is 11.8 Å². The lowest BCUT2D eigenvalue weighted by molar-refractivity contribution is -0.166. The Labute approximate surface area is 110 Å². The fraction of sp³-hybridized carbons (Fsp3) is 0.167. The number of rotatable bonds is 2. The molecule has 1 aromatic carbocycles. The lowest BCUT2D eigenvalue weighted by Gasteiger charge is -2.14. The first-order valence-corrected chi connectivity index (χ1v) is 5.58. The van der Waals surface area contributed by atoms with Crippen LogP contribution in [-0.4, -0.2) is 21.6 Å². The molecule has 2 aromatic rings. The zero-order chi connectivity index (χ0) is 14.4. The van der Waals surface area contributed by atoms with Gasteiger partial charge in [-0.3, -0.25) is 9.36 Å². The van der Waals surface area contributed by atoms with Gasteiger partial charge in [0.15, 0.2) is 0 Å². The molecule has 1 aromatic heterocycles. The number of alkyl halides is 3. The Morgan fingerprint density at radius 3 is 2.25 bits per heavy atom. The molecule has 102 valence electrons. The Kier molecular flexibility index (Phi) is 2.50. The molecule has 1 aliphatic rings. The van der Waals surface area contributed by atoms with E-state index in [-0.39, 0.29) is 17.0 Å². The second-order valence-corrected chi connectivity index (χ2v) is 4.22. The Bertz CT molecular complexity index is 668. The average molecular weight is 280 g/mol. The highest BCUT2D eigenvalue weighted by Crippen LogP contribution is 2.52. The first-order valence-electron chi connectivity index (χ1n) is 5.58. The van der Waals surface area contributed by atoms with E-state index in [0.717, 1.165) is 0 Å². The summed E-state index contributed by atoms with van der Waals surface area (Å²) in [6.07, 6.45) is -0.353. The van der Waals surface area contributed by atoms with Crippen LogP contribution in [0.2, 0.25) is 0 Å². The molecule has 0 unspecified atom stereocenters. The van der Waals surface area contributed by atoms with E-state index in [2.05, 4.69) is 15.2 Å². The lowest BCUT2D eigenvalue weighted by atomic mass is 10.0. The van der Waals surface area contributed by atoms with Crippen molar-refractivity contribution in [3.63, 3.8) is 0 Å². The van der Waals surface area contributed by atoms with Gasteiger partial charge in [-0.2, -0.15) is 13.2 Å².